The highest BCUT2D eigenvalue weighted by atomic mass is 79.9. The van der Waals surface area contributed by atoms with Gasteiger partial charge in [-0.3, -0.25) is 9.36 Å². The largest absolute Gasteiger partial charge is 0.496 e. The summed E-state index contributed by atoms with van der Waals surface area (Å²) in [7, 11) is 4.66. The average Bonchev–Trinajstić information content (AvgIpc) is 3.22. The van der Waals surface area contributed by atoms with E-state index in [0.717, 1.165) is 0 Å². The number of methoxy groups -OCH3 is 3. The molecular formula is C28H29BrN2O7S. The molecule has 0 aliphatic carbocycles. The fourth-order valence-electron chi connectivity index (χ4n) is 4.43. The highest BCUT2D eigenvalue weighted by molar-refractivity contribution is 9.10. The minimum Gasteiger partial charge on any atom is -0.496 e. The topological polar surface area (TPSA) is 97.6 Å². The van der Waals surface area contributed by atoms with E-state index >= 15 is 0 Å². The highest BCUT2D eigenvalue weighted by Gasteiger charge is 2.36. The van der Waals surface area contributed by atoms with Gasteiger partial charge in [-0.05, 0) is 54.9 Å². The van der Waals surface area contributed by atoms with Crippen LogP contribution in [0.25, 0.3) is 6.08 Å². The van der Waals surface area contributed by atoms with Gasteiger partial charge in [-0.15, -0.1) is 0 Å². The molecule has 0 fully saturated rings. The zero-order valence-electron chi connectivity index (χ0n) is 22.5. The average molecular weight is 618 g/mol. The van der Waals surface area contributed by atoms with E-state index in [1.807, 2.05) is 19.1 Å². The molecule has 0 spiro atoms. The molecule has 0 saturated heterocycles. The van der Waals surface area contributed by atoms with Crippen molar-refractivity contribution >= 4 is 39.3 Å². The Morgan fingerprint density at radius 1 is 1.08 bits per heavy atom. The van der Waals surface area contributed by atoms with Crippen molar-refractivity contribution < 1.29 is 28.5 Å². The Morgan fingerprint density at radius 2 is 1.79 bits per heavy atom. The normalized spacial score (nSPS) is 14.9. The lowest BCUT2D eigenvalue weighted by Crippen LogP contribution is -2.40. The van der Waals surface area contributed by atoms with E-state index in [1.165, 1.54) is 15.9 Å². The number of fused-ring (bicyclic) bond motifs is 1. The second-order valence-corrected chi connectivity index (χ2v) is 10.2. The third kappa shape index (κ3) is 5.33. The Hall–Kier alpha value is -3.57. The molecule has 1 aliphatic heterocycles. The van der Waals surface area contributed by atoms with Crippen LogP contribution in [0.5, 0.6) is 23.0 Å². The standard InChI is InChI=1S/C28H29BrN2O7S/c1-7-37-25-17(10-9-11-19(25)34-4)24-23(27(33)38-8-2)15(3)30-28-31(24)26(32)22(39-28)13-16-12-18(29)21(36-6)14-20(16)35-5/h9-14,24H,7-8H2,1-6H3. The van der Waals surface area contributed by atoms with Gasteiger partial charge in [-0.2, -0.15) is 0 Å². The first kappa shape index (κ1) is 28.4. The lowest BCUT2D eigenvalue weighted by molar-refractivity contribution is -0.139. The van der Waals surface area contributed by atoms with Gasteiger partial charge in [0.25, 0.3) is 5.56 Å². The molecular weight excluding hydrogens is 588 g/mol. The molecule has 0 amide bonds. The predicted molar refractivity (Wildman–Crippen MR) is 152 cm³/mol. The van der Waals surface area contributed by atoms with Gasteiger partial charge in [-0.25, -0.2) is 9.79 Å². The van der Waals surface area contributed by atoms with E-state index in [9.17, 15) is 9.59 Å². The van der Waals surface area contributed by atoms with Crippen LogP contribution in [0.3, 0.4) is 0 Å². The molecule has 206 valence electrons. The number of allylic oxidation sites excluding steroid dienone is 1. The molecule has 4 rings (SSSR count). The number of halogens is 1. The third-order valence-corrected chi connectivity index (χ3v) is 7.72. The quantitative estimate of drug-likeness (QED) is 0.335. The van der Waals surface area contributed by atoms with Crippen molar-refractivity contribution in [1.29, 1.82) is 0 Å². The maximum Gasteiger partial charge on any atom is 0.338 e. The lowest BCUT2D eigenvalue weighted by atomic mass is 9.94. The van der Waals surface area contributed by atoms with E-state index in [0.29, 0.717) is 60.2 Å². The molecule has 9 nitrogen and oxygen atoms in total. The maximum atomic E-state index is 14.0. The number of para-hydroxylation sites is 1. The Bertz CT molecular complexity index is 1620. The third-order valence-electron chi connectivity index (χ3n) is 6.12. The summed E-state index contributed by atoms with van der Waals surface area (Å²) in [6.07, 6.45) is 1.74. The molecule has 11 heteroatoms. The molecule has 0 bridgehead atoms. The number of benzene rings is 2. The van der Waals surface area contributed by atoms with Crippen molar-refractivity contribution in [3.63, 3.8) is 0 Å². The van der Waals surface area contributed by atoms with E-state index in [-0.39, 0.29) is 17.7 Å². The Labute approximate surface area is 238 Å². The van der Waals surface area contributed by atoms with E-state index in [2.05, 4.69) is 20.9 Å². The Kier molecular flexibility index (Phi) is 8.81. The van der Waals surface area contributed by atoms with Crippen LogP contribution >= 0.6 is 27.3 Å². The molecule has 1 unspecified atom stereocenters. The fourth-order valence-corrected chi connectivity index (χ4v) is 5.99. The van der Waals surface area contributed by atoms with Crippen LogP contribution in [0.2, 0.25) is 0 Å². The first-order valence-electron chi connectivity index (χ1n) is 12.2. The lowest BCUT2D eigenvalue weighted by Gasteiger charge is -2.26. The van der Waals surface area contributed by atoms with Crippen molar-refractivity contribution in [3.05, 3.63) is 76.9 Å². The highest BCUT2D eigenvalue weighted by Crippen LogP contribution is 2.41. The van der Waals surface area contributed by atoms with Crippen molar-refractivity contribution in [2.45, 2.75) is 26.8 Å². The van der Waals surface area contributed by atoms with E-state index in [1.54, 1.807) is 59.5 Å². The summed E-state index contributed by atoms with van der Waals surface area (Å²) < 4.78 is 30.5. The molecule has 1 atom stereocenters. The number of hydrogen-bond acceptors (Lipinski definition) is 9. The summed E-state index contributed by atoms with van der Waals surface area (Å²) in [4.78, 5) is 32.4. The first-order valence-corrected chi connectivity index (χ1v) is 13.8. The zero-order chi connectivity index (χ0) is 28.3. The van der Waals surface area contributed by atoms with Crippen molar-refractivity contribution in [1.82, 2.24) is 4.57 Å². The predicted octanol–water partition coefficient (Wildman–Crippen LogP) is 3.99. The maximum absolute atomic E-state index is 14.0. The molecule has 2 heterocycles. The SMILES string of the molecule is CCOC(=O)C1=C(C)N=c2sc(=Cc3cc(Br)c(OC)cc3OC)c(=O)n2C1c1cccc(OC)c1OCC. The first-order chi connectivity index (χ1) is 18.8. The summed E-state index contributed by atoms with van der Waals surface area (Å²) in [6, 6.07) is 8.10. The fraction of sp³-hybridized carbons (Fsp3) is 0.321. The van der Waals surface area contributed by atoms with Gasteiger partial charge in [0.2, 0.25) is 0 Å². The van der Waals surface area contributed by atoms with E-state index in [4.69, 9.17) is 23.7 Å². The molecule has 0 N–H and O–H groups in total. The molecule has 1 aromatic heterocycles. The van der Waals surface area contributed by atoms with Gasteiger partial charge in [0, 0.05) is 17.2 Å². The number of carbonyl (C=O) groups is 1. The van der Waals surface area contributed by atoms with Gasteiger partial charge in [0.1, 0.15) is 17.5 Å². The van der Waals surface area contributed by atoms with Crippen LogP contribution < -0.4 is 33.8 Å². The molecule has 2 aromatic carbocycles. The number of nitrogens with zero attached hydrogens (tertiary/aromatic N) is 2. The summed E-state index contributed by atoms with van der Waals surface area (Å²) in [6.45, 7) is 5.86. The van der Waals surface area contributed by atoms with Gasteiger partial charge >= 0.3 is 5.97 Å². The number of aromatic nitrogens is 1. The van der Waals surface area contributed by atoms with Gasteiger partial charge in [0.05, 0.1) is 54.8 Å². The van der Waals surface area contributed by atoms with Crippen molar-refractivity contribution in [2.24, 2.45) is 4.99 Å². The minimum absolute atomic E-state index is 0.176. The zero-order valence-corrected chi connectivity index (χ0v) is 24.9. The number of esters is 1. The number of rotatable bonds is 9. The molecule has 0 radical (unpaired) electrons. The molecule has 3 aromatic rings. The van der Waals surface area contributed by atoms with Gasteiger partial charge in [0.15, 0.2) is 16.3 Å². The number of ether oxygens (including phenoxy) is 5. The second kappa shape index (κ2) is 12.1. The summed E-state index contributed by atoms with van der Waals surface area (Å²) in [5.41, 5.74) is 1.66. The van der Waals surface area contributed by atoms with Crippen LogP contribution in [0.15, 0.2) is 55.9 Å². The van der Waals surface area contributed by atoms with Crippen LogP contribution in [0, 0.1) is 0 Å². The monoisotopic (exact) mass is 616 g/mol. The Balaban J connectivity index is 2.03. The molecule has 39 heavy (non-hydrogen) atoms. The summed E-state index contributed by atoms with van der Waals surface area (Å²) in [5, 5.41) is 0. The van der Waals surface area contributed by atoms with Crippen LogP contribution in [-0.2, 0) is 9.53 Å². The number of carbonyl (C=O) groups excluding carboxylic acids is 1. The number of hydrogen-bond donors (Lipinski definition) is 0. The second-order valence-electron chi connectivity index (χ2n) is 8.34. The smallest absolute Gasteiger partial charge is 0.338 e. The van der Waals surface area contributed by atoms with Gasteiger partial charge < -0.3 is 23.7 Å². The molecule has 0 saturated carbocycles. The summed E-state index contributed by atoms with van der Waals surface area (Å²) in [5.74, 6) is 1.51. The van der Waals surface area contributed by atoms with Gasteiger partial charge in [-0.1, -0.05) is 23.5 Å². The minimum atomic E-state index is -0.844. The Morgan fingerprint density at radius 3 is 2.44 bits per heavy atom. The van der Waals surface area contributed by atoms with E-state index < -0.39 is 12.0 Å². The van der Waals surface area contributed by atoms with Crippen molar-refractivity contribution in [2.75, 3.05) is 34.5 Å². The van der Waals surface area contributed by atoms with Crippen LogP contribution in [0.4, 0.5) is 0 Å². The van der Waals surface area contributed by atoms with Crippen LogP contribution in [-0.4, -0.2) is 45.1 Å². The molecule has 1 aliphatic rings. The number of thiazole rings is 1. The van der Waals surface area contributed by atoms with Crippen molar-refractivity contribution in [3.8, 4) is 23.0 Å². The van der Waals surface area contributed by atoms with Crippen LogP contribution in [0.1, 0.15) is 37.9 Å². The summed E-state index contributed by atoms with van der Waals surface area (Å²) >= 11 is 4.72.